The first kappa shape index (κ1) is 8.82. The van der Waals surface area contributed by atoms with E-state index in [0.29, 0.717) is 0 Å². The van der Waals surface area contributed by atoms with Crippen molar-refractivity contribution in [1.82, 2.24) is 4.98 Å². The van der Waals surface area contributed by atoms with Crippen molar-refractivity contribution >= 4 is 31.5 Å². The minimum atomic E-state index is 0.792. The number of hydrogen-bond acceptors (Lipinski definition) is 3. The van der Waals surface area contributed by atoms with E-state index in [-0.39, 0.29) is 0 Å². The summed E-state index contributed by atoms with van der Waals surface area (Å²) in [6.45, 7) is 1.81. The molecule has 0 aromatic carbocycles. The van der Waals surface area contributed by atoms with Gasteiger partial charge in [-0.3, -0.25) is 4.98 Å². The molecule has 0 aliphatic carbocycles. The van der Waals surface area contributed by atoms with E-state index in [1.165, 1.54) is 0 Å². The molecule has 2 N–H and O–H groups in total. The van der Waals surface area contributed by atoms with Crippen molar-refractivity contribution in [2.24, 2.45) is 5.73 Å². The first-order valence-electron chi connectivity index (χ1n) is 2.31. The van der Waals surface area contributed by atoms with Gasteiger partial charge in [0.15, 0.2) is 0 Å². The Hall–Kier alpha value is -0.181. The number of nitrogens with two attached hydrogens (primary N) is 1. The van der Waals surface area contributed by atoms with Crippen LogP contribution in [-0.2, 0) is 0 Å². The molecule has 50 valence electrons. The van der Waals surface area contributed by atoms with Crippen molar-refractivity contribution in [3.8, 4) is 0 Å². The van der Waals surface area contributed by atoms with Gasteiger partial charge in [-0.2, -0.15) is 0 Å². The van der Waals surface area contributed by atoms with E-state index in [1.807, 2.05) is 5.38 Å². The molecule has 0 unspecified atom stereocenters. The number of thiazole rings is 1. The van der Waals surface area contributed by atoms with E-state index in [0.717, 1.165) is 4.54 Å². The molecule has 0 saturated carbocycles. The Bertz CT molecular complexity index is 129. The largest absolute Gasteiger partial charge is 0.253 e. The molecule has 0 amide bonds. The Morgan fingerprint density at radius 3 is 2.44 bits per heavy atom. The molecule has 0 atom stereocenters. The Labute approximate surface area is 66.5 Å². The molecule has 0 aliphatic heterocycles. The zero-order valence-electron chi connectivity index (χ0n) is 5.07. The Morgan fingerprint density at radius 1 is 1.78 bits per heavy atom. The maximum atomic E-state index is 4.97. The van der Waals surface area contributed by atoms with Crippen LogP contribution >= 0.6 is 11.3 Å². The number of rotatable bonds is 0. The van der Waals surface area contributed by atoms with Crippen molar-refractivity contribution in [2.75, 3.05) is 0 Å². The first-order chi connectivity index (χ1) is 4.23. The summed E-state index contributed by atoms with van der Waals surface area (Å²) in [5.41, 5.74) is 6.76. The van der Waals surface area contributed by atoms with Crippen LogP contribution < -0.4 is 5.73 Å². The van der Waals surface area contributed by atoms with Gasteiger partial charge in [0.2, 0.25) is 0 Å². The minimum Gasteiger partial charge on any atom is -0.253 e. The molecule has 0 spiro atoms. The second kappa shape index (κ2) is 5.95. The molecule has 0 radical (unpaired) electrons. The van der Waals surface area contributed by atoms with E-state index in [4.69, 9.17) is 5.73 Å². The second-order valence-corrected chi connectivity index (χ2v) is 3.39. The van der Waals surface area contributed by atoms with E-state index >= 15 is 0 Å². The molecular formula is C5H8N2SSe. The van der Waals surface area contributed by atoms with Crippen LogP contribution in [0.15, 0.2) is 17.1 Å². The fraction of sp³-hybridized carbons (Fsp3) is 0.200. The molecule has 4 heteroatoms. The summed E-state index contributed by atoms with van der Waals surface area (Å²) < 4.78 is 0.792. The average molecular weight is 207 g/mol. The predicted molar refractivity (Wildman–Crippen MR) is 42.7 cm³/mol. The molecule has 2 nitrogen and oxygen atoms in total. The molecule has 1 rings (SSSR count). The summed E-state index contributed by atoms with van der Waals surface area (Å²) in [7, 11) is 0. The number of nitrogens with zero attached hydrogens (tertiary/aromatic N) is 1. The van der Waals surface area contributed by atoms with Crippen LogP contribution in [0.1, 0.15) is 6.92 Å². The van der Waals surface area contributed by atoms with Crippen molar-refractivity contribution in [1.29, 1.82) is 0 Å². The summed E-state index contributed by atoms with van der Waals surface area (Å²) in [6, 6.07) is 0. The third kappa shape index (κ3) is 11.4. The van der Waals surface area contributed by atoms with E-state index < -0.39 is 0 Å². The standard InChI is InChI=1S/C3H3NS.C2H5NSe/c1-2-5-3-4-1;1-2(3)4/h1-3H;1H3,(H2,3,4). The zero-order chi connectivity index (χ0) is 7.11. The van der Waals surface area contributed by atoms with Gasteiger partial charge in [0.05, 0.1) is 5.51 Å². The normalized spacial score (nSPS) is 7.22. The van der Waals surface area contributed by atoms with Crippen molar-refractivity contribution in [3.05, 3.63) is 17.1 Å². The minimum absolute atomic E-state index is 0.792. The third-order valence-electron chi connectivity index (χ3n) is 0.347. The molecule has 0 bridgehead atoms. The maximum absolute atomic E-state index is 4.97. The molecule has 1 aromatic rings. The van der Waals surface area contributed by atoms with Gasteiger partial charge in [-0.25, -0.2) is 0 Å². The summed E-state index contributed by atoms with van der Waals surface area (Å²) in [6.07, 6.45) is 1.77. The monoisotopic (exact) mass is 208 g/mol. The smallest absolute Gasteiger partial charge is 0.0791 e. The van der Waals surface area contributed by atoms with Gasteiger partial charge in [-0.1, -0.05) is 0 Å². The second-order valence-electron chi connectivity index (χ2n) is 1.29. The average Bonchev–Trinajstić information content (AvgIpc) is 2.11. The van der Waals surface area contributed by atoms with Crippen LogP contribution in [-0.4, -0.2) is 25.1 Å². The van der Waals surface area contributed by atoms with Crippen LogP contribution in [0.25, 0.3) is 0 Å². The molecule has 1 heterocycles. The predicted octanol–water partition coefficient (Wildman–Crippen LogP) is 0.406. The maximum Gasteiger partial charge on any atom is 0.0791 e. The Balaban J connectivity index is 0.000000148. The van der Waals surface area contributed by atoms with Gasteiger partial charge in [0.25, 0.3) is 0 Å². The summed E-state index contributed by atoms with van der Waals surface area (Å²) in [5, 5.41) is 1.93. The Kier molecular flexibility index (Phi) is 5.83. The van der Waals surface area contributed by atoms with Gasteiger partial charge in [-0.15, -0.1) is 11.3 Å². The summed E-state index contributed by atoms with van der Waals surface area (Å²) in [5.74, 6) is 0. The van der Waals surface area contributed by atoms with Gasteiger partial charge >= 0.3 is 32.8 Å². The quantitative estimate of drug-likeness (QED) is 0.626. The van der Waals surface area contributed by atoms with Crippen molar-refractivity contribution in [3.63, 3.8) is 0 Å². The van der Waals surface area contributed by atoms with Crippen LogP contribution in [0.2, 0.25) is 0 Å². The summed E-state index contributed by atoms with van der Waals surface area (Å²) in [4.78, 5) is 3.74. The number of hydrogen-bond donors (Lipinski definition) is 1. The molecule has 0 aliphatic rings. The molecule has 0 fully saturated rings. The Morgan fingerprint density at radius 2 is 2.33 bits per heavy atom. The van der Waals surface area contributed by atoms with Crippen molar-refractivity contribution < 1.29 is 0 Å². The van der Waals surface area contributed by atoms with Crippen LogP contribution in [0.3, 0.4) is 0 Å². The molecule has 1 aromatic heterocycles. The first-order valence-corrected chi connectivity index (χ1v) is 4.11. The SMILES string of the molecule is CC(N)=[Se].c1cscn1. The van der Waals surface area contributed by atoms with Gasteiger partial charge < -0.3 is 0 Å². The zero-order valence-corrected chi connectivity index (χ0v) is 7.60. The van der Waals surface area contributed by atoms with Crippen LogP contribution in [0.4, 0.5) is 0 Å². The third-order valence-corrected chi connectivity index (χ3v) is 0.869. The molecule has 9 heavy (non-hydrogen) atoms. The van der Waals surface area contributed by atoms with Crippen molar-refractivity contribution in [2.45, 2.75) is 6.92 Å². The topological polar surface area (TPSA) is 38.9 Å². The molecule has 0 saturated heterocycles. The van der Waals surface area contributed by atoms with Gasteiger partial charge in [0, 0.05) is 11.6 Å². The summed E-state index contributed by atoms with van der Waals surface area (Å²) >= 11 is 4.20. The van der Waals surface area contributed by atoms with Crippen LogP contribution in [0, 0.1) is 0 Å². The van der Waals surface area contributed by atoms with Crippen LogP contribution in [0.5, 0.6) is 0 Å². The fourth-order valence-electron chi connectivity index (χ4n) is 0.176. The van der Waals surface area contributed by atoms with E-state index in [9.17, 15) is 0 Å². The van der Waals surface area contributed by atoms with E-state index in [2.05, 4.69) is 20.6 Å². The van der Waals surface area contributed by atoms with Gasteiger partial charge in [0.1, 0.15) is 0 Å². The van der Waals surface area contributed by atoms with E-state index in [1.54, 1.807) is 30.0 Å². The van der Waals surface area contributed by atoms with Gasteiger partial charge in [-0.05, 0) is 0 Å². The fourth-order valence-corrected chi connectivity index (χ4v) is 0.527. The number of aromatic nitrogens is 1. The molecular weight excluding hydrogens is 199 g/mol.